The molecule has 0 spiro atoms. The summed E-state index contributed by atoms with van der Waals surface area (Å²) in [7, 11) is 0. The fraction of sp³-hybridized carbons (Fsp3) is 1.00. The van der Waals surface area contributed by atoms with Gasteiger partial charge in [-0.2, -0.15) is 0 Å². The largest absolute Gasteiger partial charge is 0.344 e. The van der Waals surface area contributed by atoms with E-state index in [9.17, 15) is 0 Å². The van der Waals surface area contributed by atoms with Gasteiger partial charge in [0.05, 0.1) is 0 Å². The second kappa shape index (κ2) is 9.30. The SMILES string of the molecule is CCNCCN.N. The molecule has 3 nitrogen and oxygen atoms in total. The Morgan fingerprint density at radius 1 is 1.57 bits per heavy atom. The third-order valence-corrected chi connectivity index (χ3v) is 0.571. The molecule has 0 aromatic heterocycles. The summed E-state index contributed by atoms with van der Waals surface area (Å²) in [6, 6.07) is 0. The Bertz CT molecular complexity index is 18.9. The van der Waals surface area contributed by atoms with Gasteiger partial charge < -0.3 is 17.2 Å². The average molecular weight is 105 g/mol. The molecule has 0 saturated heterocycles. The molecule has 6 N–H and O–H groups in total. The topological polar surface area (TPSA) is 73.0 Å². The molecule has 0 aromatic rings. The van der Waals surface area contributed by atoms with Crippen LogP contribution in [0.25, 0.3) is 0 Å². The molecule has 0 bridgehead atoms. The van der Waals surface area contributed by atoms with E-state index in [4.69, 9.17) is 5.73 Å². The van der Waals surface area contributed by atoms with E-state index < -0.39 is 0 Å². The lowest BCUT2D eigenvalue weighted by molar-refractivity contribution is 0.725. The summed E-state index contributed by atoms with van der Waals surface area (Å²) in [5.74, 6) is 0. The van der Waals surface area contributed by atoms with E-state index in [2.05, 4.69) is 12.2 Å². The van der Waals surface area contributed by atoms with Crippen molar-refractivity contribution in [3.05, 3.63) is 0 Å². The highest BCUT2D eigenvalue weighted by Crippen LogP contribution is 1.48. The molecule has 0 aromatic carbocycles. The maximum absolute atomic E-state index is 5.15. The van der Waals surface area contributed by atoms with Crippen LogP contribution >= 0.6 is 0 Å². The predicted molar refractivity (Wildman–Crippen MR) is 32.6 cm³/mol. The molecule has 0 rings (SSSR count). The first kappa shape index (κ1) is 9.99. The van der Waals surface area contributed by atoms with Crippen LogP contribution in [0.2, 0.25) is 0 Å². The van der Waals surface area contributed by atoms with Gasteiger partial charge in [-0.05, 0) is 6.54 Å². The van der Waals surface area contributed by atoms with E-state index in [0.29, 0.717) is 0 Å². The first-order valence-electron chi connectivity index (χ1n) is 2.32. The minimum Gasteiger partial charge on any atom is -0.344 e. The Hall–Kier alpha value is -0.120. The molecule has 0 heterocycles. The van der Waals surface area contributed by atoms with Gasteiger partial charge in [-0.1, -0.05) is 6.92 Å². The highest BCUT2D eigenvalue weighted by Gasteiger charge is 1.71. The third kappa shape index (κ3) is 10.7. The van der Waals surface area contributed by atoms with Crippen LogP contribution in [0.3, 0.4) is 0 Å². The van der Waals surface area contributed by atoms with E-state index in [-0.39, 0.29) is 6.15 Å². The van der Waals surface area contributed by atoms with E-state index in [1.165, 1.54) is 0 Å². The average Bonchev–Trinajstić information content (AvgIpc) is 1.61. The van der Waals surface area contributed by atoms with Crippen molar-refractivity contribution in [2.75, 3.05) is 19.6 Å². The van der Waals surface area contributed by atoms with Crippen molar-refractivity contribution in [1.29, 1.82) is 0 Å². The predicted octanol–water partition coefficient (Wildman–Crippen LogP) is -0.283. The summed E-state index contributed by atoms with van der Waals surface area (Å²) >= 11 is 0. The van der Waals surface area contributed by atoms with Gasteiger partial charge in [-0.3, -0.25) is 0 Å². The Balaban J connectivity index is 0. The summed E-state index contributed by atoms with van der Waals surface area (Å²) in [4.78, 5) is 0. The van der Waals surface area contributed by atoms with E-state index in [1.807, 2.05) is 0 Å². The molecule has 0 saturated carbocycles. The lowest BCUT2D eigenvalue weighted by Crippen LogP contribution is -2.21. The smallest absolute Gasteiger partial charge is 0.00743 e. The van der Waals surface area contributed by atoms with Gasteiger partial charge in [-0.15, -0.1) is 0 Å². The zero-order valence-electron chi connectivity index (χ0n) is 4.91. The normalized spacial score (nSPS) is 7.71. The number of likely N-dealkylation sites (N-methyl/N-ethyl adjacent to an activating group) is 1. The number of rotatable bonds is 3. The second-order valence-corrected chi connectivity index (χ2v) is 1.14. The molecule has 0 amide bonds. The number of nitrogens with one attached hydrogen (secondary N) is 1. The minimum absolute atomic E-state index is 0. The third-order valence-electron chi connectivity index (χ3n) is 0.571. The first-order chi connectivity index (χ1) is 2.91. The lowest BCUT2D eigenvalue weighted by Gasteiger charge is -1.92. The van der Waals surface area contributed by atoms with Crippen molar-refractivity contribution >= 4 is 0 Å². The highest BCUT2D eigenvalue weighted by molar-refractivity contribution is 4.39. The Labute approximate surface area is 44.9 Å². The Morgan fingerprint density at radius 3 is 2.29 bits per heavy atom. The monoisotopic (exact) mass is 105 g/mol. The van der Waals surface area contributed by atoms with Crippen LogP contribution < -0.4 is 17.2 Å². The minimum atomic E-state index is 0. The Morgan fingerprint density at radius 2 is 2.14 bits per heavy atom. The van der Waals surface area contributed by atoms with Crippen molar-refractivity contribution in [2.24, 2.45) is 5.73 Å². The van der Waals surface area contributed by atoms with Crippen LogP contribution in [-0.2, 0) is 0 Å². The van der Waals surface area contributed by atoms with Gasteiger partial charge in [0.2, 0.25) is 0 Å². The van der Waals surface area contributed by atoms with E-state index in [1.54, 1.807) is 0 Å². The fourth-order valence-electron chi connectivity index (χ4n) is 0.279. The van der Waals surface area contributed by atoms with Crippen molar-refractivity contribution in [1.82, 2.24) is 11.5 Å². The molecule has 0 atom stereocenters. The number of hydrogen-bond acceptors (Lipinski definition) is 3. The quantitative estimate of drug-likeness (QED) is 0.432. The maximum atomic E-state index is 5.15. The van der Waals surface area contributed by atoms with Crippen LogP contribution in [0.15, 0.2) is 0 Å². The highest BCUT2D eigenvalue weighted by atomic mass is 14.9. The van der Waals surface area contributed by atoms with Crippen LogP contribution in [0.4, 0.5) is 0 Å². The van der Waals surface area contributed by atoms with Crippen LogP contribution in [0, 0.1) is 0 Å². The number of hydrogen-bond donors (Lipinski definition) is 3. The molecule has 46 valence electrons. The second-order valence-electron chi connectivity index (χ2n) is 1.14. The maximum Gasteiger partial charge on any atom is 0.00743 e. The van der Waals surface area contributed by atoms with Gasteiger partial charge in [0.25, 0.3) is 0 Å². The van der Waals surface area contributed by atoms with Gasteiger partial charge in [0, 0.05) is 13.1 Å². The summed E-state index contributed by atoms with van der Waals surface area (Å²) in [5, 5.41) is 3.07. The van der Waals surface area contributed by atoms with Crippen molar-refractivity contribution in [2.45, 2.75) is 6.92 Å². The molecule has 0 unspecified atom stereocenters. The molecule has 0 fully saturated rings. The Kier molecular flexibility index (Phi) is 13.3. The van der Waals surface area contributed by atoms with E-state index >= 15 is 0 Å². The molecule has 0 radical (unpaired) electrons. The standard InChI is InChI=1S/C4H12N2.H3N/c1-2-6-4-3-5;/h6H,2-5H2,1H3;1H3. The zero-order chi connectivity index (χ0) is 4.83. The summed E-state index contributed by atoms with van der Waals surface area (Å²) in [5.41, 5.74) is 5.15. The van der Waals surface area contributed by atoms with Gasteiger partial charge in [-0.25, -0.2) is 0 Å². The van der Waals surface area contributed by atoms with Crippen LogP contribution in [0.1, 0.15) is 6.92 Å². The molecular weight excluding hydrogens is 90.1 g/mol. The van der Waals surface area contributed by atoms with E-state index in [0.717, 1.165) is 19.6 Å². The van der Waals surface area contributed by atoms with Crippen molar-refractivity contribution in [3.63, 3.8) is 0 Å². The van der Waals surface area contributed by atoms with Gasteiger partial charge in [0.1, 0.15) is 0 Å². The van der Waals surface area contributed by atoms with Crippen molar-refractivity contribution in [3.8, 4) is 0 Å². The number of nitrogens with two attached hydrogens (primary N) is 1. The molecule has 7 heavy (non-hydrogen) atoms. The molecule has 3 heteroatoms. The van der Waals surface area contributed by atoms with Crippen LogP contribution in [-0.4, -0.2) is 19.6 Å². The fourth-order valence-corrected chi connectivity index (χ4v) is 0.279. The van der Waals surface area contributed by atoms with Gasteiger partial charge in [0.15, 0.2) is 0 Å². The summed E-state index contributed by atoms with van der Waals surface area (Å²) in [6.45, 7) is 4.77. The summed E-state index contributed by atoms with van der Waals surface area (Å²) < 4.78 is 0. The van der Waals surface area contributed by atoms with Crippen LogP contribution in [0.5, 0.6) is 0 Å². The molecule has 0 aliphatic carbocycles. The molecule has 0 aliphatic heterocycles. The molecular formula is C4H15N3. The molecule has 0 aliphatic rings. The van der Waals surface area contributed by atoms with Crippen molar-refractivity contribution < 1.29 is 0 Å². The zero-order valence-corrected chi connectivity index (χ0v) is 4.91. The first-order valence-corrected chi connectivity index (χ1v) is 2.32. The summed E-state index contributed by atoms with van der Waals surface area (Å²) in [6.07, 6.45) is 0. The lowest BCUT2D eigenvalue weighted by atomic mass is 10.6. The van der Waals surface area contributed by atoms with Gasteiger partial charge >= 0.3 is 0 Å².